The Morgan fingerprint density at radius 1 is 1.09 bits per heavy atom. The van der Waals surface area contributed by atoms with Crippen molar-refractivity contribution in [1.82, 2.24) is 19.9 Å². The van der Waals surface area contributed by atoms with E-state index in [0.29, 0.717) is 36.5 Å². The van der Waals surface area contributed by atoms with Gasteiger partial charge in [0.25, 0.3) is 5.91 Å². The molecule has 0 radical (unpaired) electrons. The molecule has 4 rings (SSSR count). The molecule has 0 bridgehead atoms. The third-order valence-electron chi connectivity index (χ3n) is 5.21. The summed E-state index contributed by atoms with van der Waals surface area (Å²) >= 11 is 5.90. The summed E-state index contributed by atoms with van der Waals surface area (Å²) in [5.74, 6) is -0.439. The van der Waals surface area contributed by atoms with Gasteiger partial charge in [0.15, 0.2) is 12.4 Å². The minimum Gasteiger partial charge on any atom is -0.457 e. The van der Waals surface area contributed by atoms with Crippen molar-refractivity contribution < 1.29 is 14.3 Å². The Morgan fingerprint density at radius 2 is 1.85 bits per heavy atom. The number of amides is 1. The number of nitrogens with zero attached hydrogens (tertiary/aromatic N) is 4. The Labute approximate surface area is 196 Å². The molecule has 1 aromatic heterocycles. The molecule has 3 aromatic rings. The lowest BCUT2D eigenvalue weighted by Gasteiger charge is -2.31. The van der Waals surface area contributed by atoms with Gasteiger partial charge in [-0.05, 0) is 49.2 Å². The number of esters is 1. The van der Waals surface area contributed by atoms with Crippen LogP contribution in [-0.4, -0.2) is 44.8 Å². The summed E-state index contributed by atoms with van der Waals surface area (Å²) in [4.78, 5) is 39.5. The first-order valence-electron chi connectivity index (χ1n) is 10.5. The van der Waals surface area contributed by atoms with Crippen molar-refractivity contribution in [2.45, 2.75) is 19.4 Å². The van der Waals surface area contributed by atoms with Gasteiger partial charge in [0.2, 0.25) is 11.9 Å². The molecule has 1 aliphatic rings. The monoisotopic (exact) mass is 466 g/mol. The highest BCUT2D eigenvalue weighted by Gasteiger charge is 2.30. The lowest BCUT2D eigenvalue weighted by molar-refractivity contribution is -0.151. The summed E-state index contributed by atoms with van der Waals surface area (Å²) in [5, 5.41) is 3.60. The van der Waals surface area contributed by atoms with Crippen molar-refractivity contribution >= 4 is 41.1 Å². The Kier molecular flexibility index (Phi) is 6.99. The number of carbonyl (C=O) groups is 2. The van der Waals surface area contributed by atoms with E-state index in [1.165, 1.54) is 0 Å². The van der Waals surface area contributed by atoms with Crippen molar-refractivity contribution in [3.63, 3.8) is 0 Å². The molecule has 1 atom stereocenters. The van der Waals surface area contributed by atoms with Crippen molar-refractivity contribution in [2.24, 2.45) is 5.92 Å². The van der Waals surface area contributed by atoms with Crippen LogP contribution in [-0.2, 0) is 16.1 Å². The molecule has 2 heterocycles. The summed E-state index contributed by atoms with van der Waals surface area (Å²) in [7, 11) is 0. The maximum absolute atomic E-state index is 12.8. The smallest absolute Gasteiger partial charge is 0.311 e. The Bertz CT molecular complexity index is 1130. The summed E-state index contributed by atoms with van der Waals surface area (Å²) in [6.07, 6.45) is 1.35. The van der Waals surface area contributed by atoms with E-state index in [-0.39, 0.29) is 30.2 Å². The first-order valence-corrected chi connectivity index (χ1v) is 10.9. The van der Waals surface area contributed by atoms with Crippen LogP contribution in [0.2, 0.25) is 5.02 Å². The SMILES string of the molecule is Nc1nc(COC(=O)[C@@H]2CCCN(C(=O)c3ccc(Cl)cc3)C2)nc(Nc2ccccc2)n1. The largest absolute Gasteiger partial charge is 0.457 e. The van der Waals surface area contributed by atoms with E-state index in [2.05, 4.69) is 20.3 Å². The molecule has 0 spiro atoms. The topological polar surface area (TPSA) is 123 Å². The maximum atomic E-state index is 12.8. The van der Waals surface area contributed by atoms with Crippen LogP contribution >= 0.6 is 11.6 Å². The van der Waals surface area contributed by atoms with E-state index >= 15 is 0 Å². The molecule has 1 amide bonds. The predicted molar refractivity (Wildman–Crippen MR) is 124 cm³/mol. The lowest BCUT2D eigenvalue weighted by atomic mass is 9.97. The number of piperidine rings is 1. The fourth-order valence-electron chi connectivity index (χ4n) is 3.59. The number of likely N-dealkylation sites (tertiary alicyclic amines) is 1. The van der Waals surface area contributed by atoms with Crippen molar-refractivity contribution in [1.29, 1.82) is 0 Å². The summed E-state index contributed by atoms with van der Waals surface area (Å²) in [6.45, 7) is 0.737. The van der Waals surface area contributed by atoms with Gasteiger partial charge in [-0.15, -0.1) is 0 Å². The molecule has 1 saturated heterocycles. The first-order chi connectivity index (χ1) is 16.0. The molecular formula is C23H23ClN6O3. The van der Waals surface area contributed by atoms with Gasteiger partial charge in [-0.25, -0.2) is 0 Å². The zero-order chi connectivity index (χ0) is 23.2. The second kappa shape index (κ2) is 10.3. The fourth-order valence-corrected chi connectivity index (χ4v) is 3.72. The minimum absolute atomic E-state index is 0.0203. The van der Waals surface area contributed by atoms with Gasteiger partial charge in [0, 0.05) is 29.4 Å². The molecule has 3 N–H and O–H groups in total. The van der Waals surface area contributed by atoms with Gasteiger partial charge in [-0.3, -0.25) is 9.59 Å². The number of aromatic nitrogens is 3. The summed E-state index contributed by atoms with van der Waals surface area (Å²) in [6, 6.07) is 16.1. The highest BCUT2D eigenvalue weighted by Crippen LogP contribution is 2.21. The van der Waals surface area contributed by atoms with Crippen LogP contribution in [0.4, 0.5) is 17.6 Å². The van der Waals surface area contributed by atoms with E-state index in [1.54, 1.807) is 29.2 Å². The third-order valence-corrected chi connectivity index (χ3v) is 5.46. The number of ether oxygens (including phenoxy) is 1. The molecule has 170 valence electrons. The van der Waals surface area contributed by atoms with Crippen molar-refractivity contribution in [3.8, 4) is 0 Å². The molecule has 2 aromatic carbocycles. The highest BCUT2D eigenvalue weighted by atomic mass is 35.5. The van der Waals surface area contributed by atoms with Crippen LogP contribution < -0.4 is 11.1 Å². The van der Waals surface area contributed by atoms with E-state index in [0.717, 1.165) is 5.69 Å². The molecule has 0 aliphatic carbocycles. The van der Waals surface area contributed by atoms with Crippen LogP contribution in [0.15, 0.2) is 54.6 Å². The van der Waals surface area contributed by atoms with Gasteiger partial charge in [-0.2, -0.15) is 15.0 Å². The maximum Gasteiger partial charge on any atom is 0.311 e. The lowest BCUT2D eigenvalue weighted by Crippen LogP contribution is -2.42. The number of para-hydroxylation sites is 1. The molecule has 10 heteroatoms. The molecule has 0 saturated carbocycles. The van der Waals surface area contributed by atoms with Crippen LogP contribution in [0, 0.1) is 5.92 Å². The van der Waals surface area contributed by atoms with Crippen molar-refractivity contribution in [3.05, 3.63) is 71.0 Å². The summed E-state index contributed by atoms with van der Waals surface area (Å²) in [5.41, 5.74) is 7.11. The number of nitrogens with one attached hydrogen (secondary N) is 1. The zero-order valence-electron chi connectivity index (χ0n) is 17.8. The number of rotatable bonds is 6. The molecular weight excluding hydrogens is 444 g/mol. The first kappa shape index (κ1) is 22.5. The molecule has 1 aliphatic heterocycles. The van der Waals surface area contributed by atoms with E-state index in [9.17, 15) is 9.59 Å². The van der Waals surface area contributed by atoms with Gasteiger partial charge in [0.05, 0.1) is 5.92 Å². The minimum atomic E-state index is -0.420. The van der Waals surface area contributed by atoms with Gasteiger partial charge in [0.1, 0.15) is 0 Å². The second-order valence-electron chi connectivity index (χ2n) is 7.63. The molecule has 0 unspecified atom stereocenters. The van der Waals surface area contributed by atoms with Crippen LogP contribution in [0.5, 0.6) is 0 Å². The quantitative estimate of drug-likeness (QED) is 0.529. The number of halogens is 1. The van der Waals surface area contributed by atoms with Gasteiger partial charge < -0.3 is 20.7 Å². The second-order valence-corrected chi connectivity index (χ2v) is 8.07. The van der Waals surface area contributed by atoms with E-state index < -0.39 is 11.9 Å². The van der Waals surface area contributed by atoms with Gasteiger partial charge in [-0.1, -0.05) is 29.8 Å². The number of hydrogen-bond donors (Lipinski definition) is 2. The fraction of sp³-hybridized carbons (Fsp3) is 0.261. The Hall–Kier alpha value is -3.72. The van der Waals surface area contributed by atoms with Crippen LogP contribution in [0.25, 0.3) is 0 Å². The normalized spacial score (nSPS) is 15.7. The summed E-state index contributed by atoms with van der Waals surface area (Å²) < 4.78 is 5.45. The Balaban J connectivity index is 1.35. The van der Waals surface area contributed by atoms with E-state index in [4.69, 9.17) is 22.1 Å². The van der Waals surface area contributed by atoms with Crippen molar-refractivity contribution in [2.75, 3.05) is 24.1 Å². The average Bonchev–Trinajstić information content (AvgIpc) is 2.83. The van der Waals surface area contributed by atoms with E-state index in [1.807, 2.05) is 30.3 Å². The third kappa shape index (κ3) is 5.95. The average molecular weight is 467 g/mol. The number of nitrogen functional groups attached to an aromatic ring is 1. The number of anilines is 3. The zero-order valence-corrected chi connectivity index (χ0v) is 18.5. The Morgan fingerprint density at radius 3 is 2.61 bits per heavy atom. The number of hydrogen-bond acceptors (Lipinski definition) is 8. The van der Waals surface area contributed by atoms with Gasteiger partial charge >= 0.3 is 5.97 Å². The number of carbonyl (C=O) groups excluding carboxylic acids is 2. The molecule has 33 heavy (non-hydrogen) atoms. The number of nitrogens with two attached hydrogens (primary N) is 1. The standard InChI is InChI=1S/C23H23ClN6O3/c24-17-10-8-15(9-11-17)20(31)30-12-4-5-16(13-30)21(32)33-14-19-27-22(25)29-23(28-19)26-18-6-2-1-3-7-18/h1-3,6-11,16H,4-5,12-14H2,(H3,25,26,27,28,29)/t16-/m1/s1. The highest BCUT2D eigenvalue weighted by molar-refractivity contribution is 6.30. The molecule has 1 fully saturated rings. The van der Waals surface area contributed by atoms with Crippen LogP contribution in [0.3, 0.4) is 0 Å². The molecule has 9 nitrogen and oxygen atoms in total. The number of benzene rings is 2. The van der Waals surface area contributed by atoms with Crippen LogP contribution in [0.1, 0.15) is 29.0 Å². The predicted octanol–water partition coefficient (Wildman–Crippen LogP) is 3.45.